The molecule has 2 aromatic rings. The number of hydrogen-bond donors (Lipinski definition) is 2. The largest absolute Gasteiger partial charge is 0.366 e. The van der Waals surface area contributed by atoms with E-state index in [1.54, 1.807) is 36.4 Å². The molecule has 134 valence electrons. The van der Waals surface area contributed by atoms with Crippen LogP contribution in [0.2, 0.25) is 0 Å². The Morgan fingerprint density at radius 3 is 2.00 bits per heavy atom. The standard InChI is InChI=1S/C20H21N3O3/c1-11-7-13(18(22)24)8-12(2)17(11)9-14(21)10-23-19(25)15-5-3-4-6-16(15)20(23)26/h3-8,14H,9-10,21H2,1-2H3,(H2,22,24)/t14-/m0/s1. The predicted octanol–water partition coefficient (Wildman–Crippen LogP) is 1.57. The number of imide groups is 1. The van der Waals surface area contributed by atoms with Crippen LogP contribution in [-0.4, -0.2) is 35.2 Å². The average Bonchev–Trinajstić information content (AvgIpc) is 2.83. The summed E-state index contributed by atoms with van der Waals surface area (Å²) in [6.07, 6.45) is 0.490. The molecule has 0 aromatic heterocycles. The van der Waals surface area contributed by atoms with Crippen LogP contribution in [0.4, 0.5) is 0 Å². The monoisotopic (exact) mass is 351 g/mol. The second-order valence-electron chi connectivity index (χ2n) is 6.68. The van der Waals surface area contributed by atoms with Crippen LogP contribution in [-0.2, 0) is 6.42 Å². The molecule has 3 rings (SSSR count). The number of aryl methyl sites for hydroxylation is 2. The number of nitrogens with two attached hydrogens (primary N) is 2. The molecule has 1 atom stereocenters. The Morgan fingerprint density at radius 2 is 1.54 bits per heavy atom. The Balaban J connectivity index is 1.77. The van der Waals surface area contributed by atoms with Gasteiger partial charge in [0.05, 0.1) is 11.1 Å². The van der Waals surface area contributed by atoms with Gasteiger partial charge in [-0.15, -0.1) is 0 Å². The van der Waals surface area contributed by atoms with Crippen LogP contribution in [0, 0.1) is 13.8 Å². The summed E-state index contributed by atoms with van der Waals surface area (Å²) in [4.78, 5) is 37.5. The fourth-order valence-corrected chi connectivity index (χ4v) is 3.42. The maximum Gasteiger partial charge on any atom is 0.261 e. The molecule has 1 aliphatic rings. The van der Waals surface area contributed by atoms with Gasteiger partial charge in [0.1, 0.15) is 0 Å². The first-order valence-corrected chi connectivity index (χ1v) is 8.40. The van der Waals surface area contributed by atoms with Crippen LogP contribution >= 0.6 is 0 Å². The molecule has 0 aliphatic carbocycles. The molecule has 3 amide bonds. The lowest BCUT2D eigenvalue weighted by Gasteiger charge is -2.21. The zero-order chi connectivity index (χ0) is 19.0. The fraction of sp³-hybridized carbons (Fsp3) is 0.250. The molecule has 0 unspecified atom stereocenters. The molecule has 6 heteroatoms. The molecule has 0 saturated carbocycles. The number of primary amides is 1. The van der Waals surface area contributed by atoms with Gasteiger partial charge >= 0.3 is 0 Å². The van der Waals surface area contributed by atoms with Gasteiger partial charge in [0.2, 0.25) is 5.91 Å². The first-order chi connectivity index (χ1) is 12.3. The first-order valence-electron chi connectivity index (χ1n) is 8.40. The van der Waals surface area contributed by atoms with E-state index < -0.39 is 11.9 Å². The Hall–Kier alpha value is -2.99. The molecule has 26 heavy (non-hydrogen) atoms. The lowest BCUT2D eigenvalue weighted by atomic mass is 9.94. The molecular formula is C20H21N3O3. The molecule has 1 aliphatic heterocycles. The minimum atomic E-state index is -0.474. The van der Waals surface area contributed by atoms with Gasteiger partial charge in [-0.3, -0.25) is 19.3 Å². The van der Waals surface area contributed by atoms with Crippen molar-refractivity contribution < 1.29 is 14.4 Å². The van der Waals surface area contributed by atoms with Gasteiger partial charge in [-0.2, -0.15) is 0 Å². The van der Waals surface area contributed by atoms with Crippen LogP contribution in [0.15, 0.2) is 36.4 Å². The summed E-state index contributed by atoms with van der Waals surface area (Å²) in [6.45, 7) is 3.93. The van der Waals surface area contributed by atoms with Crippen molar-refractivity contribution in [1.82, 2.24) is 4.90 Å². The zero-order valence-corrected chi connectivity index (χ0v) is 14.8. The van der Waals surface area contributed by atoms with E-state index in [9.17, 15) is 14.4 Å². The van der Waals surface area contributed by atoms with Gasteiger partial charge in [0.15, 0.2) is 0 Å². The summed E-state index contributed by atoms with van der Waals surface area (Å²) in [7, 11) is 0. The molecule has 0 radical (unpaired) electrons. The maximum absolute atomic E-state index is 12.4. The maximum atomic E-state index is 12.4. The number of carbonyl (C=O) groups excluding carboxylic acids is 3. The molecule has 1 heterocycles. The number of nitrogens with zero attached hydrogens (tertiary/aromatic N) is 1. The second-order valence-corrected chi connectivity index (χ2v) is 6.68. The van der Waals surface area contributed by atoms with Crippen molar-refractivity contribution >= 4 is 17.7 Å². The van der Waals surface area contributed by atoms with E-state index in [1.807, 2.05) is 13.8 Å². The molecule has 0 spiro atoms. The molecule has 0 bridgehead atoms. The van der Waals surface area contributed by atoms with Crippen molar-refractivity contribution in [1.29, 1.82) is 0 Å². The topological polar surface area (TPSA) is 106 Å². The highest BCUT2D eigenvalue weighted by molar-refractivity contribution is 6.21. The van der Waals surface area contributed by atoms with E-state index in [0.29, 0.717) is 23.1 Å². The van der Waals surface area contributed by atoms with Gasteiger partial charge in [-0.05, 0) is 61.2 Å². The van der Waals surface area contributed by atoms with E-state index in [0.717, 1.165) is 16.7 Å². The summed E-state index contributed by atoms with van der Waals surface area (Å²) in [5.74, 6) is -1.09. The van der Waals surface area contributed by atoms with Crippen molar-refractivity contribution in [2.24, 2.45) is 11.5 Å². The van der Waals surface area contributed by atoms with Crippen molar-refractivity contribution in [3.05, 3.63) is 69.8 Å². The number of benzene rings is 2. The molecule has 0 saturated heterocycles. The predicted molar refractivity (Wildman–Crippen MR) is 97.9 cm³/mol. The molecule has 4 N–H and O–H groups in total. The van der Waals surface area contributed by atoms with Crippen molar-refractivity contribution in [2.75, 3.05) is 6.54 Å². The van der Waals surface area contributed by atoms with Crippen molar-refractivity contribution in [2.45, 2.75) is 26.3 Å². The van der Waals surface area contributed by atoms with E-state index in [1.165, 1.54) is 4.90 Å². The summed E-state index contributed by atoms with van der Waals surface area (Å²) >= 11 is 0. The Labute approximate surface area is 151 Å². The van der Waals surface area contributed by atoms with Crippen LogP contribution in [0.1, 0.15) is 47.8 Å². The fourth-order valence-electron chi connectivity index (χ4n) is 3.42. The SMILES string of the molecule is Cc1cc(C(N)=O)cc(C)c1C[C@H](N)CN1C(=O)c2ccccc2C1=O. The number of fused-ring (bicyclic) bond motifs is 1. The molecule has 6 nitrogen and oxygen atoms in total. The van der Waals surface area contributed by atoms with Gasteiger partial charge < -0.3 is 11.5 Å². The van der Waals surface area contributed by atoms with Crippen molar-refractivity contribution in [3.8, 4) is 0 Å². The van der Waals surface area contributed by atoms with E-state index >= 15 is 0 Å². The minimum absolute atomic E-state index is 0.142. The van der Waals surface area contributed by atoms with E-state index in [-0.39, 0.29) is 18.4 Å². The van der Waals surface area contributed by atoms with Gasteiger partial charge in [-0.1, -0.05) is 12.1 Å². The zero-order valence-electron chi connectivity index (χ0n) is 14.8. The van der Waals surface area contributed by atoms with Crippen LogP contribution < -0.4 is 11.5 Å². The summed E-state index contributed by atoms with van der Waals surface area (Å²) in [6, 6.07) is 9.84. The molecular weight excluding hydrogens is 330 g/mol. The minimum Gasteiger partial charge on any atom is -0.366 e. The van der Waals surface area contributed by atoms with Gasteiger partial charge in [0.25, 0.3) is 11.8 Å². The number of carbonyl (C=O) groups is 3. The third kappa shape index (κ3) is 3.11. The number of hydrogen-bond acceptors (Lipinski definition) is 4. The Kier molecular flexibility index (Phi) is 4.61. The number of amides is 3. The third-order valence-corrected chi connectivity index (χ3v) is 4.74. The normalized spacial score (nSPS) is 14.5. The highest BCUT2D eigenvalue weighted by Crippen LogP contribution is 2.23. The summed E-state index contributed by atoms with van der Waals surface area (Å²) in [5, 5.41) is 0. The quantitative estimate of drug-likeness (QED) is 0.797. The molecule has 2 aromatic carbocycles. The third-order valence-electron chi connectivity index (χ3n) is 4.74. The highest BCUT2D eigenvalue weighted by Gasteiger charge is 2.35. The Morgan fingerprint density at radius 1 is 1.04 bits per heavy atom. The summed E-state index contributed by atoms with van der Waals surface area (Å²) in [5.41, 5.74) is 15.7. The number of rotatable bonds is 5. The lowest BCUT2D eigenvalue weighted by Crippen LogP contribution is -2.42. The average molecular weight is 351 g/mol. The van der Waals surface area contributed by atoms with E-state index in [4.69, 9.17) is 11.5 Å². The Bertz CT molecular complexity index is 862. The lowest BCUT2D eigenvalue weighted by molar-refractivity contribution is 0.0644. The smallest absolute Gasteiger partial charge is 0.261 e. The van der Waals surface area contributed by atoms with Crippen molar-refractivity contribution in [3.63, 3.8) is 0 Å². The van der Waals surface area contributed by atoms with Crippen LogP contribution in [0.25, 0.3) is 0 Å². The molecule has 0 fully saturated rings. The summed E-state index contributed by atoms with van der Waals surface area (Å²) < 4.78 is 0. The van der Waals surface area contributed by atoms with Crippen LogP contribution in [0.5, 0.6) is 0 Å². The highest BCUT2D eigenvalue weighted by atomic mass is 16.2. The van der Waals surface area contributed by atoms with Gasteiger partial charge in [-0.25, -0.2) is 0 Å². The van der Waals surface area contributed by atoms with Crippen LogP contribution in [0.3, 0.4) is 0 Å². The van der Waals surface area contributed by atoms with E-state index in [2.05, 4.69) is 0 Å². The second kappa shape index (κ2) is 6.72. The first kappa shape index (κ1) is 17.8. The van der Waals surface area contributed by atoms with Gasteiger partial charge in [0, 0.05) is 18.2 Å².